The Hall–Kier alpha value is -4.03. The van der Waals surface area contributed by atoms with Crippen LogP contribution in [0.2, 0.25) is 0 Å². The predicted octanol–water partition coefficient (Wildman–Crippen LogP) is 1.73. The van der Waals surface area contributed by atoms with Crippen LogP contribution in [0.25, 0.3) is 0 Å². The molecule has 0 aliphatic rings. The van der Waals surface area contributed by atoms with E-state index >= 15 is 0 Å². The molecular weight excluding hydrogens is 427 g/mol. The van der Waals surface area contributed by atoms with Gasteiger partial charge in [0.1, 0.15) is 17.9 Å². The van der Waals surface area contributed by atoms with Gasteiger partial charge in [0, 0.05) is 12.4 Å². The minimum absolute atomic E-state index is 0.102. The molecule has 10 nitrogen and oxygen atoms in total. The fourth-order valence-electron chi connectivity index (χ4n) is 1.80. The van der Waals surface area contributed by atoms with Crippen LogP contribution in [0, 0.1) is 0 Å². The van der Waals surface area contributed by atoms with Gasteiger partial charge in [0.15, 0.2) is 0 Å². The van der Waals surface area contributed by atoms with Crippen LogP contribution in [-0.4, -0.2) is 65.8 Å². The number of esters is 2. The van der Waals surface area contributed by atoms with Gasteiger partial charge >= 0.3 is 24.1 Å². The minimum atomic E-state index is -4.48. The van der Waals surface area contributed by atoms with Gasteiger partial charge in [0.05, 0.1) is 25.3 Å². The Morgan fingerprint density at radius 3 is 1.68 bits per heavy atom. The fourth-order valence-corrected chi connectivity index (χ4v) is 1.80. The number of nitrogens with one attached hydrogen (secondary N) is 1. The molecule has 0 bridgehead atoms. The number of carboxylic acids is 1. The summed E-state index contributed by atoms with van der Waals surface area (Å²) in [5, 5.41) is 10.2. The van der Waals surface area contributed by atoms with E-state index in [1.807, 2.05) is 0 Å². The van der Waals surface area contributed by atoms with Crippen molar-refractivity contribution in [1.82, 2.24) is 15.3 Å². The van der Waals surface area contributed by atoms with E-state index in [0.717, 1.165) is 18.5 Å². The van der Waals surface area contributed by atoms with E-state index in [4.69, 9.17) is 5.11 Å². The standard InChI is InChI=1S/C10H9F3N2O3.C8H7NO4/c1-18-9(17)6-2-3-7(14-4-6)8(16)15-5-10(11,12)13;1-13-8(12)5-2-3-6(7(10)11)9-4-5/h2-4H,5H2,1H3,(H,15,16);2-4H,1H3,(H,10,11). The lowest BCUT2D eigenvalue weighted by Gasteiger charge is -2.07. The second-order valence-electron chi connectivity index (χ2n) is 5.45. The van der Waals surface area contributed by atoms with Crippen LogP contribution in [0.4, 0.5) is 13.2 Å². The first-order valence-electron chi connectivity index (χ1n) is 8.15. The molecule has 0 saturated heterocycles. The molecule has 0 unspecified atom stereocenters. The summed E-state index contributed by atoms with van der Waals surface area (Å²) in [6, 6.07) is 4.97. The molecule has 0 saturated carbocycles. The molecule has 2 heterocycles. The zero-order valence-electron chi connectivity index (χ0n) is 16.1. The molecule has 2 aromatic rings. The molecule has 166 valence electrons. The Kier molecular flexibility index (Phi) is 9.06. The molecule has 2 N–H and O–H groups in total. The van der Waals surface area contributed by atoms with Crippen molar-refractivity contribution < 1.29 is 46.9 Å². The van der Waals surface area contributed by atoms with E-state index in [-0.39, 0.29) is 22.5 Å². The lowest BCUT2D eigenvalue weighted by atomic mass is 10.2. The van der Waals surface area contributed by atoms with Crippen molar-refractivity contribution in [3.63, 3.8) is 0 Å². The van der Waals surface area contributed by atoms with Crippen molar-refractivity contribution in [2.24, 2.45) is 0 Å². The molecule has 0 spiro atoms. The van der Waals surface area contributed by atoms with Gasteiger partial charge in [0.25, 0.3) is 5.91 Å². The van der Waals surface area contributed by atoms with Crippen LogP contribution in [0.15, 0.2) is 36.7 Å². The van der Waals surface area contributed by atoms with Gasteiger partial charge < -0.3 is 19.9 Å². The number of aromatic carboxylic acids is 1. The Balaban J connectivity index is 0.000000327. The average molecular weight is 443 g/mol. The van der Waals surface area contributed by atoms with Crippen LogP contribution in [-0.2, 0) is 9.47 Å². The van der Waals surface area contributed by atoms with Crippen molar-refractivity contribution in [2.45, 2.75) is 6.18 Å². The number of rotatable bonds is 5. The third-order valence-electron chi connectivity index (χ3n) is 3.27. The van der Waals surface area contributed by atoms with Crippen molar-refractivity contribution >= 4 is 23.8 Å². The number of carbonyl (C=O) groups excluding carboxylic acids is 3. The molecule has 0 radical (unpaired) electrons. The Morgan fingerprint density at radius 1 is 0.903 bits per heavy atom. The number of amides is 1. The topological polar surface area (TPSA) is 145 Å². The number of nitrogens with zero attached hydrogens (tertiary/aromatic N) is 2. The van der Waals surface area contributed by atoms with Crippen LogP contribution in [0.1, 0.15) is 41.7 Å². The van der Waals surface area contributed by atoms with E-state index in [2.05, 4.69) is 19.4 Å². The third-order valence-corrected chi connectivity index (χ3v) is 3.27. The van der Waals surface area contributed by atoms with Gasteiger partial charge in [-0.2, -0.15) is 13.2 Å². The monoisotopic (exact) mass is 443 g/mol. The molecule has 0 aromatic carbocycles. The van der Waals surface area contributed by atoms with E-state index < -0.39 is 36.5 Å². The maximum Gasteiger partial charge on any atom is 0.405 e. The third kappa shape index (κ3) is 8.47. The highest BCUT2D eigenvalue weighted by atomic mass is 19.4. The van der Waals surface area contributed by atoms with Crippen molar-refractivity contribution in [1.29, 1.82) is 0 Å². The lowest BCUT2D eigenvalue weighted by Crippen LogP contribution is -2.34. The molecule has 0 atom stereocenters. The number of pyridine rings is 2. The number of halogens is 3. The number of alkyl halides is 3. The van der Waals surface area contributed by atoms with Gasteiger partial charge in [-0.3, -0.25) is 9.78 Å². The SMILES string of the molecule is COC(=O)c1ccc(C(=O)NCC(F)(F)F)nc1.COC(=O)c1ccc(C(=O)O)nc1. The number of hydrogen-bond donors (Lipinski definition) is 2. The molecule has 0 aliphatic heterocycles. The summed E-state index contributed by atoms with van der Waals surface area (Å²) >= 11 is 0. The Morgan fingerprint density at radius 2 is 1.35 bits per heavy atom. The minimum Gasteiger partial charge on any atom is -0.477 e. The lowest BCUT2D eigenvalue weighted by molar-refractivity contribution is -0.123. The highest BCUT2D eigenvalue weighted by Gasteiger charge is 2.28. The summed E-state index contributed by atoms with van der Waals surface area (Å²) in [7, 11) is 2.42. The molecule has 0 aliphatic carbocycles. The zero-order valence-corrected chi connectivity index (χ0v) is 16.1. The highest BCUT2D eigenvalue weighted by Crippen LogP contribution is 2.12. The van der Waals surface area contributed by atoms with Gasteiger partial charge in [-0.15, -0.1) is 0 Å². The largest absolute Gasteiger partial charge is 0.477 e. The summed E-state index contributed by atoms with van der Waals surface area (Å²) in [4.78, 5) is 50.7. The van der Waals surface area contributed by atoms with E-state index in [9.17, 15) is 32.3 Å². The zero-order chi connectivity index (χ0) is 23.6. The number of aromatic nitrogens is 2. The summed E-state index contributed by atoms with van der Waals surface area (Å²) in [5.41, 5.74) is 0.0110. The highest BCUT2D eigenvalue weighted by molar-refractivity contribution is 5.94. The molecule has 0 fully saturated rings. The average Bonchev–Trinajstić information content (AvgIpc) is 2.76. The number of methoxy groups -OCH3 is 2. The van der Waals surface area contributed by atoms with Crippen LogP contribution in [0.5, 0.6) is 0 Å². The van der Waals surface area contributed by atoms with Crippen LogP contribution < -0.4 is 5.32 Å². The molecule has 31 heavy (non-hydrogen) atoms. The molecule has 2 aromatic heterocycles. The van der Waals surface area contributed by atoms with Gasteiger partial charge in [-0.05, 0) is 24.3 Å². The fraction of sp³-hybridized carbons (Fsp3) is 0.222. The molecular formula is C18H16F3N3O7. The molecule has 1 amide bonds. The first-order valence-corrected chi connectivity index (χ1v) is 8.15. The smallest absolute Gasteiger partial charge is 0.405 e. The first kappa shape index (κ1) is 25.0. The van der Waals surface area contributed by atoms with E-state index in [1.165, 1.54) is 32.4 Å². The maximum absolute atomic E-state index is 11.9. The predicted molar refractivity (Wildman–Crippen MR) is 96.5 cm³/mol. The summed E-state index contributed by atoms with van der Waals surface area (Å²) in [6.45, 7) is -1.44. The summed E-state index contributed by atoms with van der Waals surface area (Å²) < 4.78 is 44.4. The van der Waals surface area contributed by atoms with Crippen LogP contribution in [0.3, 0.4) is 0 Å². The van der Waals surface area contributed by atoms with E-state index in [0.29, 0.717) is 0 Å². The Bertz CT molecular complexity index is 930. The van der Waals surface area contributed by atoms with Gasteiger partial charge in [-0.25, -0.2) is 19.4 Å². The Labute approximate surface area is 173 Å². The summed E-state index contributed by atoms with van der Waals surface area (Å²) in [5.74, 6) is -3.28. The molecule has 2 rings (SSSR count). The van der Waals surface area contributed by atoms with Gasteiger partial charge in [0.2, 0.25) is 0 Å². The van der Waals surface area contributed by atoms with Crippen molar-refractivity contribution in [3.8, 4) is 0 Å². The number of hydrogen-bond acceptors (Lipinski definition) is 8. The van der Waals surface area contributed by atoms with E-state index in [1.54, 1.807) is 5.32 Å². The number of ether oxygens (including phenoxy) is 2. The van der Waals surface area contributed by atoms with Gasteiger partial charge in [-0.1, -0.05) is 0 Å². The van der Waals surface area contributed by atoms with Crippen LogP contribution >= 0.6 is 0 Å². The quantitative estimate of drug-likeness (QED) is 0.660. The van der Waals surface area contributed by atoms with Crippen molar-refractivity contribution in [3.05, 3.63) is 59.2 Å². The first-order chi connectivity index (χ1) is 14.5. The normalized spacial score (nSPS) is 10.2. The van der Waals surface area contributed by atoms with Crippen molar-refractivity contribution in [2.75, 3.05) is 20.8 Å². The summed E-state index contributed by atoms with van der Waals surface area (Å²) in [6.07, 6.45) is -2.27. The number of carbonyl (C=O) groups is 4. The number of carboxylic acid groups (broad SMARTS) is 1. The maximum atomic E-state index is 11.9. The second kappa shape index (κ2) is 11.2. The second-order valence-corrected chi connectivity index (χ2v) is 5.45. The molecule has 13 heteroatoms.